The van der Waals surface area contributed by atoms with Crippen LogP contribution in [0.15, 0.2) is 48.7 Å². The lowest BCUT2D eigenvalue weighted by Crippen LogP contribution is -1.87. The highest BCUT2D eigenvalue weighted by atomic mass is 14.7. The quantitative estimate of drug-likeness (QED) is 0.712. The van der Waals surface area contributed by atoms with Crippen molar-refractivity contribution in [1.82, 2.24) is 4.98 Å². The van der Waals surface area contributed by atoms with E-state index in [1.54, 1.807) is 0 Å². The maximum absolute atomic E-state index is 4.32. The first-order chi connectivity index (χ1) is 7.27. The Morgan fingerprint density at radius 2 is 1.67 bits per heavy atom. The molecule has 1 heteroatoms. The van der Waals surface area contributed by atoms with Gasteiger partial charge in [-0.05, 0) is 23.6 Å². The Kier molecular flexibility index (Phi) is 2.82. The minimum absolute atomic E-state index is 0.586. The van der Waals surface area contributed by atoms with Crippen LogP contribution in [-0.4, -0.2) is 4.98 Å². The second kappa shape index (κ2) is 4.26. The van der Waals surface area contributed by atoms with Crippen molar-refractivity contribution in [3.8, 4) is 11.3 Å². The van der Waals surface area contributed by atoms with Gasteiger partial charge in [-0.2, -0.15) is 0 Å². The number of hydrogen-bond acceptors (Lipinski definition) is 1. The van der Waals surface area contributed by atoms with Gasteiger partial charge in [-0.15, -0.1) is 0 Å². The number of benzene rings is 1. The minimum Gasteiger partial charge on any atom is -0.256 e. The van der Waals surface area contributed by atoms with Crippen molar-refractivity contribution >= 4 is 0 Å². The van der Waals surface area contributed by atoms with Crippen molar-refractivity contribution in [2.75, 3.05) is 0 Å². The molecular formula is C14H15N. The van der Waals surface area contributed by atoms with Crippen molar-refractivity contribution in [2.45, 2.75) is 19.8 Å². The van der Waals surface area contributed by atoms with E-state index in [0.29, 0.717) is 5.92 Å². The Labute approximate surface area is 90.8 Å². The van der Waals surface area contributed by atoms with Crippen LogP contribution in [0.3, 0.4) is 0 Å². The predicted molar refractivity (Wildman–Crippen MR) is 63.8 cm³/mol. The van der Waals surface area contributed by atoms with E-state index in [1.165, 1.54) is 11.1 Å². The molecule has 0 fully saturated rings. The smallest absolute Gasteiger partial charge is 0.0701 e. The highest BCUT2D eigenvalue weighted by Gasteiger charge is 2.00. The first-order valence-corrected chi connectivity index (χ1v) is 5.29. The van der Waals surface area contributed by atoms with Gasteiger partial charge in [0.25, 0.3) is 0 Å². The summed E-state index contributed by atoms with van der Waals surface area (Å²) in [5.74, 6) is 0.586. The molecule has 0 atom stereocenters. The van der Waals surface area contributed by atoms with Crippen molar-refractivity contribution in [3.63, 3.8) is 0 Å². The highest BCUT2D eigenvalue weighted by Crippen LogP contribution is 2.20. The molecule has 0 amide bonds. The van der Waals surface area contributed by atoms with E-state index in [0.717, 1.165) is 5.69 Å². The van der Waals surface area contributed by atoms with E-state index in [1.807, 2.05) is 24.4 Å². The summed E-state index contributed by atoms with van der Waals surface area (Å²) in [6, 6.07) is 14.6. The lowest BCUT2D eigenvalue weighted by molar-refractivity contribution is 0.867. The number of nitrogens with zero attached hydrogens (tertiary/aromatic N) is 1. The van der Waals surface area contributed by atoms with Gasteiger partial charge in [0.15, 0.2) is 0 Å². The predicted octanol–water partition coefficient (Wildman–Crippen LogP) is 3.87. The fraction of sp³-hybridized carbons (Fsp3) is 0.214. The summed E-state index contributed by atoms with van der Waals surface area (Å²) >= 11 is 0. The average molecular weight is 197 g/mol. The molecule has 15 heavy (non-hydrogen) atoms. The van der Waals surface area contributed by atoms with E-state index in [2.05, 4.69) is 43.1 Å². The van der Waals surface area contributed by atoms with Crippen LogP contribution in [0.2, 0.25) is 0 Å². The fourth-order valence-corrected chi connectivity index (χ4v) is 1.57. The minimum atomic E-state index is 0.586. The Bertz CT molecular complexity index is 415. The molecule has 0 bridgehead atoms. The van der Waals surface area contributed by atoms with E-state index in [4.69, 9.17) is 0 Å². The molecule has 1 aromatic heterocycles. The molecule has 0 spiro atoms. The molecule has 1 aromatic carbocycles. The SMILES string of the molecule is CC(C)c1ccc(-c2ccccn2)cc1. The normalized spacial score (nSPS) is 10.6. The molecule has 0 N–H and O–H groups in total. The number of aromatic nitrogens is 1. The molecule has 76 valence electrons. The molecule has 0 unspecified atom stereocenters. The molecule has 0 saturated carbocycles. The zero-order chi connectivity index (χ0) is 10.7. The summed E-state index contributed by atoms with van der Waals surface area (Å²) in [7, 11) is 0. The second-order valence-corrected chi connectivity index (χ2v) is 3.99. The van der Waals surface area contributed by atoms with Gasteiger partial charge in [-0.3, -0.25) is 4.98 Å². The van der Waals surface area contributed by atoms with Crippen LogP contribution in [0.1, 0.15) is 25.3 Å². The topological polar surface area (TPSA) is 12.9 Å². The van der Waals surface area contributed by atoms with Gasteiger partial charge in [0.2, 0.25) is 0 Å². The van der Waals surface area contributed by atoms with Crippen molar-refractivity contribution in [2.24, 2.45) is 0 Å². The van der Waals surface area contributed by atoms with Crippen LogP contribution in [0, 0.1) is 0 Å². The third-order valence-electron chi connectivity index (χ3n) is 2.54. The van der Waals surface area contributed by atoms with Gasteiger partial charge in [0.1, 0.15) is 0 Å². The molecule has 0 radical (unpaired) electrons. The zero-order valence-corrected chi connectivity index (χ0v) is 9.14. The van der Waals surface area contributed by atoms with E-state index < -0.39 is 0 Å². The summed E-state index contributed by atoms with van der Waals surface area (Å²) in [5.41, 5.74) is 3.59. The van der Waals surface area contributed by atoms with Crippen molar-refractivity contribution in [3.05, 3.63) is 54.2 Å². The van der Waals surface area contributed by atoms with Crippen LogP contribution < -0.4 is 0 Å². The molecule has 0 saturated heterocycles. The first-order valence-electron chi connectivity index (χ1n) is 5.29. The summed E-state index contributed by atoms with van der Waals surface area (Å²) in [4.78, 5) is 4.32. The molecule has 0 aliphatic carbocycles. The number of rotatable bonds is 2. The monoisotopic (exact) mass is 197 g/mol. The second-order valence-electron chi connectivity index (χ2n) is 3.99. The third kappa shape index (κ3) is 2.24. The zero-order valence-electron chi connectivity index (χ0n) is 9.14. The van der Waals surface area contributed by atoms with Gasteiger partial charge >= 0.3 is 0 Å². The third-order valence-corrected chi connectivity index (χ3v) is 2.54. The van der Waals surface area contributed by atoms with Crippen molar-refractivity contribution < 1.29 is 0 Å². The van der Waals surface area contributed by atoms with E-state index in [-0.39, 0.29) is 0 Å². The van der Waals surface area contributed by atoms with E-state index in [9.17, 15) is 0 Å². The van der Waals surface area contributed by atoms with Crippen molar-refractivity contribution in [1.29, 1.82) is 0 Å². The Morgan fingerprint density at radius 1 is 0.933 bits per heavy atom. The summed E-state index contributed by atoms with van der Waals surface area (Å²) in [6.45, 7) is 4.41. The molecular weight excluding hydrogens is 182 g/mol. The van der Waals surface area contributed by atoms with Gasteiger partial charge in [0, 0.05) is 11.8 Å². The molecule has 2 rings (SSSR count). The van der Waals surface area contributed by atoms with E-state index >= 15 is 0 Å². The van der Waals surface area contributed by atoms with Crippen LogP contribution in [0.25, 0.3) is 11.3 Å². The largest absolute Gasteiger partial charge is 0.256 e. The fourth-order valence-electron chi connectivity index (χ4n) is 1.57. The standard InChI is InChI=1S/C14H15N/c1-11(2)12-6-8-13(9-7-12)14-5-3-4-10-15-14/h3-11H,1-2H3. The summed E-state index contributed by atoms with van der Waals surface area (Å²) in [5, 5.41) is 0. The lowest BCUT2D eigenvalue weighted by atomic mass is 10.0. The van der Waals surface area contributed by atoms with Crippen LogP contribution in [-0.2, 0) is 0 Å². The highest BCUT2D eigenvalue weighted by molar-refractivity contribution is 5.59. The van der Waals surface area contributed by atoms with Crippen LogP contribution in [0.5, 0.6) is 0 Å². The lowest BCUT2D eigenvalue weighted by Gasteiger charge is -2.06. The summed E-state index contributed by atoms with van der Waals surface area (Å²) in [6.07, 6.45) is 1.83. The Hall–Kier alpha value is -1.63. The number of hydrogen-bond donors (Lipinski definition) is 0. The molecule has 0 aliphatic rings. The Morgan fingerprint density at radius 3 is 2.20 bits per heavy atom. The average Bonchev–Trinajstić information content (AvgIpc) is 2.30. The van der Waals surface area contributed by atoms with Gasteiger partial charge in [-0.1, -0.05) is 44.2 Å². The molecule has 0 aliphatic heterocycles. The van der Waals surface area contributed by atoms with Gasteiger partial charge in [0.05, 0.1) is 5.69 Å². The molecule has 1 heterocycles. The molecule has 2 aromatic rings. The first kappa shape index (κ1) is 9.91. The van der Waals surface area contributed by atoms with Crippen LogP contribution >= 0.6 is 0 Å². The van der Waals surface area contributed by atoms with Gasteiger partial charge < -0.3 is 0 Å². The summed E-state index contributed by atoms with van der Waals surface area (Å²) < 4.78 is 0. The Balaban J connectivity index is 2.32. The number of pyridine rings is 1. The maximum Gasteiger partial charge on any atom is 0.0701 e. The van der Waals surface area contributed by atoms with Gasteiger partial charge in [-0.25, -0.2) is 0 Å². The molecule has 1 nitrogen and oxygen atoms in total. The van der Waals surface area contributed by atoms with Crippen LogP contribution in [0.4, 0.5) is 0 Å². The maximum atomic E-state index is 4.32.